The molecule has 4 rings (SSSR count). The van der Waals surface area contributed by atoms with Gasteiger partial charge in [-0.15, -0.1) is 0 Å². The monoisotopic (exact) mass is 481 g/mol. The van der Waals surface area contributed by atoms with Gasteiger partial charge >= 0.3 is 0 Å². The van der Waals surface area contributed by atoms with Crippen LogP contribution in [-0.4, -0.2) is 70.3 Å². The Labute approximate surface area is 207 Å². The molecular formula is C27H35N3O5. The second kappa shape index (κ2) is 12.0. The summed E-state index contributed by atoms with van der Waals surface area (Å²) in [4.78, 5) is 30.7. The molecule has 2 amide bonds. The van der Waals surface area contributed by atoms with Crippen molar-refractivity contribution in [2.45, 2.75) is 25.3 Å². The first-order chi connectivity index (χ1) is 17.1. The number of hydrogen-bond donors (Lipinski definition) is 1. The summed E-state index contributed by atoms with van der Waals surface area (Å²) in [5.41, 5.74) is 1.66. The highest BCUT2D eigenvalue weighted by atomic mass is 16.5. The average molecular weight is 482 g/mol. The lowest BCUT2D eigenvalue weighted by Crippen LogP contribution is -2.48. The minimum atomic E-state index is -0.408. The Morgan fingerprint density at radius 1 is 1.00 bits per heavy atom. The number of anilines is 1. The maximum Gasteiger partial charge on any atom is 0.227 e. The fourth-order valence-corrected chi connectivity index (χ4v) is 4.87. The Kier molecular flexibility index (Phi) is 8.60. The molecule has 0 unspecified atom stereocenters. The molecule has 2 fully saturated rings. The smallest absolute Gasteiger partial charge is 0.227 e. The molecule has 2 aromatic rings. The molecule has 35 heavy (non-hydrogen) atoms. The van der Waals surface area contributed by atoms with Gasteiger partial charge < -0.3 is 24.4 Å². The van der Waals surface area contributed by atoms with Crippen molar-refractivity contribution in [2.24, 2.45) is 5.92 Å². The second-order valence-corrected chi connectivity index (χ2v) is 8.92. The van der Waals surface area contributed by atoms with E-state index in [9.17, 15) is 9.59 Å². The number of methoxy groups -OCH3 is 2. The van der Waals surface area contributed by atoms with Crippen LogP contribution in [0.15, 0.2) is 48.5 Å². The van der Waals surface area contributed by atoms with Gasteiger partial charge in [0.15, 0.2) is 0 Å². The summed E-state index contributed by atoms with van der Waals surface area (Å²) < 4.78 is 16.0. The average Bonchev–Trinajstić information content (AvgIpc) is 2.91. The lowest BCUT2D eigenvalue weighted by Gasteiger charge is -2.41. The molecule has 0 spiro atoms. The van der Waals surface area contributed by atoms with Crippen LogP contribution in [0.2, 0.25) is 0 Å². The van der Waals surface area contributed by atoms with Crippen molar-refractivity contribution in [3.05, 3.63) is 54.1 Å². The highest BCUT2D eigenvalue weighted by molar-refractivity contribution is 5.97. The number of benzene rings is 2. The van der Waals surface area contributed by atoms with Crippen molar-refractivity contribution in [2.75, 3.05) is 58.5 Å². The third-order valence-corrected chi connectivity index (χ3v) is 6.80. The number of nitrogens with zero attached hydrogens (tertiary/aromatic N) is 2. The highest BCUT2D eigenvalue weighted by Gasteiger charge is 2.41. The Morgan fingerprint density at radius 3 is 2.26 bits per heavy atom. The summed E-state index contributed by atoms with van der Waals surface area (Å²) in [6.07, 6.45) is 1.72. The van der Waals surface area contributed by atoms with Crippen molar-refractivity contribution in [1.82, 2.24) is 10.2 Å². The normalized spacial score (nSPS) is 21.0. The number of nitrogens with one attached hydrogen (secondary N) is 1. The second-order valence-electron chi connectivity index (χ2n) is 8.92. The van der Waals surface area contributed by atoms with Crippen LogP contribution in [0, 0.1) is 5.92 Å². The molecule has 8 nitrogen and oxygen atoms in total. The first-order valence-electron chi connectivity index (χ1n) is 12.3. The molecule has 0 aromatic heterocycles. The van der Waals surface area contributed by atoms with Crippen LogP contribution in [0.4, 0.5) is 5.69 Å². The third-order valence-electron chi connectivity index (χ3n) is 6.80. The topological polar surface area (TPSA) is 80.3 Å². The molecule has 2 aliphatic rings. The van der Waals surface area contributed by atoms with Gasteiger partial charge in [-0.1, -0.05) is 12.1 Å². The van der Waals surface area contributed by atoms with E-state index in [1.54, 1.807) is 19.1 Å². The first kappa shape index (κ1) is 25.0. The van der Waals surface area contributed by atoms with Gasteiger partial charge in [0, 0.05) is 31.7 Å². The van der Waals surface area contributed by atoms with Gasteiger partial charge in [-0.25, -0.2) is 0 Å². The molecule has 8 heteroatoms. The van der Waals surface area contributed by atoms with Crippen LogP contribution in [0.5, 0.6) is 11.5 Å². The number of carbonyl (C=O) groups excluding carboxylic acids is 2. The van der Waals surface area contributed by atoms with E-state index >= 15 is 0 Å². The van der Waals surface area contributed by atoms with Gasteiger partial charge in [-0.2, -0.15) is 0 Å². The largest absolute Gasteiger partial charge is 0.497 e. The summed E-state index contributed by atoms with van der Waals surface area (Å²) in [5.74, 6) is 1.09. The van der Waals surface area contributed by atoms with Gasteiger partial charge in [0.25, 0.3) is 0 Å². The molecule has 0 aliphatic carbocycles. The van der Waals surface area contributed by atoms with Crippen molar-refractivity contribution >= 4 is 17.5 Å². The SMILES string of the molecule is COc1ccc([C@@H]2[C@@H](C(=O)NCCCN3CCOCC3)CCC(=O)N2c2ccc(OC)cc2)cc1. The molecule has 0 saturated carbocycles. The van der Waals surface area contributed by atoms with E-state index in [4.69, 9.17) is 14.2 Å². The van der Waals surface area contributed by atoms with Crippen LogP contribution in [0.1, 0.15) is 30.9 Å². The van der Waals surface area contributed by atoms with Crippen LogP contribution >= 0.6 is 0 Å². The maximum absolute atomic E-state index is 13.4. The number of carbonyl (C=O) groups is 2. The minimum absolute atomic E-state index is 0.00681. The number of morpholine rings is 1. The lowest BCUT2D eigenvalue weighted by molar-refractivity contribution is -0.129. The number of amides is 2. The Hall–Kier alpha value is -3.10. The lowest BCUT2D eigenvalue weighted by atomic mass is 9.83. The van der Waals surface area contributed by atoms with Crippen molar-refractivity contribution in [3.8, 4) is 11.5 Å². The van der Waals surface area contributed by atoms with Crippen molar-refractivity contribution in [1.29, 1.82) is 0 Å². The van der Waals surface area contributed by atoms with E-state index in [0.717, 1.165) is 56.3 Å². The molecule has 188 valence electrons. The van der Waals surface area contributed by atoms with Crippen LogP contribution in [0.3, 0.4) is 0 Å². The summed E-state index contributed by atoms with van der Waals surface area (Å²) >= 11 is 0. The molecule has 2 saturated heterocycles. The minimum Gasteiger partial charge on any atom is -0.497 e. The Bertz CT molecular complexity index is 973. The molecule has 0 radical (unpaired) electrons. The van der Waals surface area contributed by atoms with Crippen LogP contribution in [0.25, 0.3) is 0 Å². The van der Waals surface area contributed by atoms with E-state index in [1.807, 2.05) is 48.5 Å². The molecule has 0 bridgehead atoms. The summed E-state index contributed by atoms with van der Waals surface area (Å²) in [6, 6.07) is 14.6. The van der Waals surface area contributed by atoms with Crippen LogP contribution < -0.4 is 19.7 Å². The maximum atomic E-state index is 13.4. The summed E-state index contributed by atoms with van der Waals surface area (Å²) in [5, 5.41) is 3.14. The van der Waals surface area contributed by atoms with Gasteiger partial charge in [0.05, 0.1) is 39.4 Å². The van der Waals surface area contributed by atoms with Gasteiger partial charge in [-0.3, -0.25) is 14.5 Å². The Balaban J connectivity index is 1.52. The predicted octanol–water partition coefficient (Wildman–Crippen LogP) is 3.03. The number of ether oxygens (including phenoxy) is 3. The van der Waals surface area contributed by atoms with E-state index in [2.05, 4.69) is 10.2 Å². The standard InChI is InChI=1S/C27H35N3O5/c1-33-22-8-4-20(5-9-22)26-24(27(32)28-14-3-15-29-16-18-35-19-17-29)12-13-25(31)30(26)21-6-10-23(34-2)11-7-21/h4-11,24,26H,3,12-19H2,1-2H3,(H,28,32)/t24-,26+/m0/s1. The molecule has 2 aromatic carbocycles. The van der Waals surface area contributed by atoms with Gasteiger partial charge in [-0.05, 0) is 61.3 Å². The summed E-state index contributed by atoms with van der Waals surface area (Å²) in [6.45, 7) is 4.97. The van der Waals surface area contributed by atoms with E-state index in [0.29, 0.717) is 25.1 Å². The van der Waals surface area contributed by atoms with E-state index in [1.165, 1.54) is 0 Å². The van der Waals surface area contributed by atoms with Crippen molar-refractivity contribution < 1.29 is 23.8 Å². The Morgan fingerprint density at radius 2 is 1.63 bits per heavy atom. The number of rotatable bonds is 9. The zero-order chi connectivity index (χ0) is 24.6. The first-order valence-corrected chi connectivity index (χ1v) is 12.3. The molecule has 2 atom stereocenters. The molecular weight excluding hydrogens is 446 g/mol. The highest BCUT2D eigenvalue weighted by Crippen LogP contribution is 2.40. The fourth-order valence-electron chi connectivity index (χ4n) is 4.87. The number of piperidine rings is 1. The number of hydrogen-bond acceptors (Lipinski definition) is 6. The molecule has 2 heterocycles. The third kappa shape index (κ3) is 6.13. The molecule has 1 N–H and O–H groups in total. The van der Waals surface area contributed by atoms with Gasteiger partial charge in [0.1, 0.15) is 11.5 Å². The van der Waals surface area contributed by atoms with E-state index < -0.39 is 6.04 Å². The van der Waals surface area contributed by atoms with E-state index in [-0.39, 0.29) is 17.7 Å². The van der Waals surface area contributed by atoms with Crippen molar-refractivity contribution in [3.63, 3.8) is 0 Å². The zero-order valence-electron chi connectivity index (χ0n) is 20.6. The quantitative estimate of drug-likeness (QED) is 0.555. The predicted molar refractivity (Wildman–Crippen MR) is 134 cm³/mol. The molecule has 2 aliphatic heterocycles. The summed E-state index contributed by atoms with van der Waals surface area (Å²) in [7, 11) is 3.23. The van der Waals surface area contributed by atoms with Gasteiger partial charge in [0.2, 0.25) is 11.8 Å². The van der Waals surface area contributed by atoms with Crippen LogP contribution in [-0.2, 0) is 14.3 Å². The fraction of sp³-hybridized carbons (Fsp3) is 0.481. The zero-order valence-corrected chi connectivity index (χ0v) is 20.6.